The molecule has 0 radical (unpaired) electrons. The van der Waals surface area contributed by atoms with E-state index < -0.39 is 5.97 Å². The molecule has 0 fully saturated rings. The number of aryl methyl sites for hydroxylation is 2. The highest BCUT2D eigenvalue weighted by molar-refractivity contribution is 5.97. The van der Waals surface area contributed by atoms with Crippen molar-refractivity contribution in [1.82, 2.24) is 0 Å². The van der Waals surface area contributed by atoms with Gasteiger partial charge in [-0.25, -0.2) is 9.59 Å². The fourth-order valence-electron chi connectivity index (χ4n) is 4.01. The Morgan fingerprint density at radius 3 is 2.54 bits per heavy atom. The second kappa shape index (κ2) is 6.37. The second-order valence-electron chi connectivity index (χ2n) is 7.15. The summed E-state index contributed by atoms with van der Waals surface area (Å²) in [6.07, 6.45) is 3.70. The summed E-state index contributed by atoms with van der Waals surface area (Å²) in [5.41, 5.74) is 3.37. The number of rotatable bonds is 2. The van der Waals surface area contributed by atoms with Crippen molar-refractivity contribution in [1.29, 1.82) is 0 Å². The van der Waals surface area contributed by atoms with Crippen molar-refractivity contribution in [2.24, 2.45) is 0 Å². The lowest BCUT2D eigenvalue weighted by atomic mass is 9.91. The summed E-state index contributed by atoms with van der Waals surface area (Å²) in [4.78, 5) is 24.9. The zero-order valence-corrected chi connectivity index (χ0v) is 15.4. The summed E-state index contributed by atoms with van der Waals surface area (Å²) in [6.45, 7) is 1.83. The second-order valence-corrected chi connectivity index (χ2v) is 7.15. The summed E-state index contributed by atoms with van der Waals surface area (Å²) in [5, 5.41) is 1.79. The fraction of sp³-hybridized carbons (Fsp3) is 0.217. The van der Waals surface area contributed by atoms with Crippen LogP contribution in [0.1, 0.15) is 40.1 Å². The van der Waals surface area contributed by atoms with E-state index in [-0.39, 0.29) is 11.4 Å². The number of para-hydroxylation sites is 1. The lowest BCUT2D eigenvalue weighted by Crippen LogP contribution is -2.16. The number of fused-ring (bicyclic) bond motifs is 4. The average Bonchev–Trinajstić information content (AvgIpc) is 3.05. The summed E-state index contributed by atoms with van der Waals surface area (Å²) >= 11 is 0. The average molecular weight is 374 g/mol. The number of carbonyl (C=O) groups is 1. The molecule has 0 aliphatic heterocycles. The lowest BCUT2D eigenvalue weighted by Gasteiger charge is -2.16. The highest BCUT2D eigenvalue weighted by atomic mass is 16.5. The molecule has 1 aliphatic rings. The van der Waals surface area contributed by atoms with Crippen LogP contribution in [0.2, 0.25) is 0 Å². The lowest BCUT2D eigenvalue weighted by molar-refractivity contribution is 0.0703. The maximum Gasteiger partial charge on any atom is 0.379 e. The number of carbonyl (C=O) groups excluding carboxylic acids is 1. The Hall–Kier alpha value is -3.34. The minimum atomic E-state index is -0.576. The monoisotopic (exact) mass is 374 g/mol. The van der Waals surface area contributed by atoms with E-state index in [9.17, 15) is 9.59 Å². The van der Waals surface area contributed by atoms with Crippen molar-refractivity contribution in [2.45, 2.75) is 32.6 Å². The van der Waals surface area contributed by atoms with Crippen LogP contribution in [-0.2, 0) is 12.8 Å². The molecule has 0 unspecified atom stereocenters. The SMILES string of the molecule is Cc1c(C(=O)Oc2ccc3c4c(c(=O)oc3c2)CCCC4)oc2ccccc12. The zero-order valence-electron chi connectivity index (χ0n) is 15.4. The molecule has 0 spiro atoms. The van der Waals surface area contributed by atoms with Crippen molar-refractivity contribution in [2.75, 3.05) is 0 Å². The van der Waals surface area contributed by atoms with Crippen LogP contribution in [0, 0.1) is 6.92 Å². The normalized spacial score (nSPS) is 13.6. The van der Waals surface area contributed by atoms with E-state index in [1.807, 2.05) is 37.3 Å². The van der Waals surface area contributed by atoms with Gasteiger partial charge in [0.2, 0.25) is 5.76 Å². The van der Waals surface area contributed by atoms with Gasteiger partial charge in [0.15, 0.2) is 0 Å². The van der Waals surface area contributed by atoms with E-state index in [1.165, 1.54) is 0 Å². The first-order valence-corrected chi connectivity index (χ1v) is 9.41. The molecule has 5 rings (SSSR count). The first kappa shape index (κ1) is 16.8. The van der Waals surface area contributed by atoms with E-state index in [2.05, 4.69) is 0 Å². The molecule has 1 aliphatic carbocycles. The molecule has 0 atom stereocenters. The molecule has 0 N–H and O–H groups in total. The van der Waals surface area contributed by atoms with Gasteiger partial charge in [-0.3, -0.25) is 0 Å². The minimum absolute atomic E-state index is 0.174. The largest absolute Gasteiger partial charge is 0.449 e. The molecule has 5 heteroatoms. The number of furan rings is 1. The summed E-state index contributed by atoms with van der Waals surface area (Å²) in [6, 6.07) is 12.6. The van der Waals surface area contributed by atoms with Crippen LogP contribution in [0.25, 0.3) is 21.9 Å². The van der Waals surface area contributed by atoms with Crippen molar-refractivity contribution < 1.29 is 18.4 Å². The van der Waals surface area contributed by atoms with E-state index in [1.54, 1.807) is 12.1 Å². The van der Waals surface area contributed by atoms with Gasteiger partial charge in [-0.2, -0.15) is 0 Å². The molecular formula is C23H18O5. The van der Waals surface area contributed by atoms with Gasteiger partial charge in [-0.15, -0.1) is 0 Å². The van der Waals surface area contributed by atoms with Crippen LogP contribution in [-0.4, -0.2) is 5.97 Å². The van der Waals surface area contributed by atoms with E-state index in [4.69, 9.17) is 13.6 Å². The van der Waals surface area contributed by atoms with Gasteiger partial charge < -0.3 is 13.6 Å². The summed E-state index contributed by atoms with van der Waals surface area (Å²) in [5.74, 6) is -0.0854. The first-order chi connectivity index (χ1) is 13.6. The quantitative estimate of drug-likeness (QED) is 0.282. The summed E-state index contributed by atoms with van der Waals surface area (Å²) in [7, 11) is 0. The Kier molecular flexibility index (Phi) is 3.83. The van der Waals surface area contributed by atoms with Crippen molar-refractivity contribution in [3.63, 3.8) is 0 Å². The fourth-order valence-corrected chi connectivity index (χ4v) is 4.01. The molecule has 0 saturated heterocycles. The first-order valence-electron chi connectivity index (χ1n) is 9.41. The number of ether oxygens (including phenoxy) is 1. The molecule has 2 heterocycles. The Bertz CT molecular complexity index is 1290. The van der Waals surface area contributed by atoms with Gasteiger partial charge in [0, 0.05) is 28.0 Å². The van der Waals surface area contributed by atoms with Crippen molar-refractivity contribution >= 4 is 27.9 Å². The molecule has 0 bridgehead atoms. The smallest absolute Gasteiger partial charge is 0.379 e. The maximum absolute atomic E-state index is 12.6. The number of benzene rings is 2. The zero-order chi connectivity index (χ0) is 19.3. The predicted octanol–water partition coefficient (Wildman–Crippen LogP) is 4.95. The topological polar surface area (TPSA) is 69.7 Å². The number of hydrogen-bond acceptors (Lipinski definition) is 5. The maximum atomic E-state index is 12.6. The third-order valence-corrected chi connectivity index (χ3v) is 5.43. The number of esters is 1. The van der Waals surface area contributed by atoms with E-state index >= 15 is 0 Å². The molecular weight excluding hydrogens is 356 g/mol. The van der Waals surface area contributed by atoms with Gasteiger partial charge >= 0.3 is 11.6 Å². The Balaban J connectivity index is 1.52. The molecule has 2 aromatic heterocycles. The third kappa shape index (κ3) is 2.62. The van der Waals surface area contributed by atoms with Crippen LogP contribution >= 0.6 is 0 Å². The number of hydrogen-bond donors (Lipinski definition) is 0. The van der Waals surface area contributed by atoms with Gasteiger partial charge in [0.05, 0.1) is 0 Å². The predicted molar refractivity (Wildman–Crippen MR) is 105 cm³/mol. The molecule has 140 valence electrons. The Labute approximate surface area is 160 Å². The molecule has 4 aromatic rings. The van der Waals surface area contributed by atoms with Crippen LogP contribution in [0.5, 0.6) is 5.75 Å². The van der Waals surface area contributed by atoms with Crippen LogP contribution in [0.4, 0.5) is 0 Å². The molecule has 0 amide bonds. The van der Waals surface area contributed by atoms with Gasteiger partial charge in [-0.1, -0.05) is 18.2 Å². The Morgan fingerprint density at radius 2 is 1.71 bits per heavy atom. The van der Waals surface area contributed by atoms with Gasteiger partial charge in [0.1, 0.15) is 16.9 Å². The highest BCUT2D eigenvalue weighted by Gasteiger charge is 2.21. The summed E-state index contributed by atoms with van der Waals surface area (Å²) < 4.78 is 16.7. The van der Waals surface area contributed by atoms with E-state index in [0.717, 1.165) is 53.1 Å². The molecule has 5 nitrogen and oxygen atoms in total. The minimum Gasteiger partial charge on any atom is -0.449 e. The van der Waals surface area contributed by atoms with E-state index in [0.29, 0.717) is 16.9 Å². The van der Waals surface area contributed by atoms with Crippen molar-refractivity contribution in [3.05, 3.63) is 75.3 Å². The molecule has 2 aromatic carbocycles. The standard InChI is InChI=1S/C23H18O5/c1-13-15-6-4-5-9-19(15)27-21(13)23(25)26-14-10-11-17-16-7-2-3-8-18(16)22(24)28-20(17)12-14/h4-6,9-12H,2-3,7-8H2,1H3. The van der Waals surface area contributed by atoms with Gasteiger partial charge in [0.25, 0.3) is 0 Å². The molecule has 28 heavy (non-hydrogen) atoms. The Morgan fingerprint density at radius 1 is 0.929 bits per heavy atom. The molecule has 0 saturated carbocycles. The third-order valence-electron chi connectivity index (χ3n) is 5.43. The van der Waals surface area contributed by atoms with Crippen LogP contribution in [0.15, 0.2) is 56.1 Å². The van der Waals surface area contributed by atoms with Crippen molar-refractivity contribution in [3.8, 4) is 5.75 Å². The van der Waals surface area contributed by atoms with Gasteiger partial charge in [-0.05, 0) is 56.4 Å². The van der Waals surface area contributed by atoms with Crippen LogP contribution < -0.4 is 10.4 Å². The highest BCUT2D eigenvalue weighted by Crippen LogP contribution is 2.30. The van der Waals surface area contributed by atoms with Crippen LogP contribution in [0.3, 0.4) is 0 Å².